The molecular formula is C43H83N3O6. The second-order valence-corrected chi connectivity index (χ2v) is 21.2. The van der Waals surface area contributed by atoms with Crippen LogP contribution in [0.3, 0.4) is 0 Å². The fraction of sp³-hybridized carbons (Fsp3) is 0.930. The van der Waals surface area contributed by atoms with Crippen LogP contribution in [-0.2, 0) is 14.4 Å². The molecule has 0 aromatic carbocycles. The molecule has 0 bridgehead atoms. The molecule has 0 amide bonds. The van der Waals surface area contributed by atoms with Gasteiger partial charge in [0.05, 0.1) is 19.3 Å². The van der Waals surface area contributed by atoms with Crippen LogP contribution in [0, 0.1) is 73.9 Å². The van der Waals surface area contributed by atoms with E-state index in [0.717, 1.165) is 51.4 Å². The maximum atomic E-state index is 11.1. The van der Waals surface area contributed by atoms with Crippen LogP contribution in [0.4, 0.5) is 0 Å². The Morgan fingerprint density at radius 1 is 0.538 bits per heavy atom. The number of hydrogen-bond donors (Lipinski definition) is 6. The van der Waals surface area contributed by atoms with Crippen molar-refractivity contribution in [3.8, 4) is 0 Å². The Morgan fingerprint density at radius 3 is 0.981 bits per heavy atom. The average Bonchev–Trinajstić information content (AvgIpc) is 3.69. The smallest absolute Gasteiger partial charge is 0.303 e. The van der Waals surface area contributed by atoms with Crippen molar-refractivity contribution in [1.82, 2.24) is 0 Å². The van der Waals surface area contributed by atoms with Crippen molar-refractivity contribution < 1.29 is 29.7 Å². The summed E-state index contributed by atoms with van der Waals surface area (Å²) in [6.45, 7) is 30.7. The van der Waals surface area contributed by atoms with Crippen LogP contribution in [0.1, 0.15) is 161 Å². The predicted molar refractivity (Wildman–Crippen MR) is 214 cm³/mol. The minimum atomic E-state index is -0.711. The highest BCUT2D eigenvalue weighted by Gasteiger charge is 2.51. The average molecular weight is 738 g/mol. The van der Waals surface area contributed by atoms with Crippen molar-refractivity contribution in [3.63, 3.8) is 0 Å². The first-order valence-electron chi connectivity index (χ1n) is 20.3. The zero-order chi connectivity index (χ0) is 40.7. The van der Waals surface area contributed by atoms with E-state index in [1.165, 1.54) is 0 Å². The molecule has 3 fully saturated rings. The zero-order valence-electron chi connectivity index (χ0n) is 35.7. The summed E-state index contributed by atoms with van der Waals surface area (Å²) < 4.78 is 0. The Bertz CT molecular complexity index is 1090. The molecule has 0 aromatic heterocycles. The van der Waals surface area contributed by atoms with Crippen molar-refractivity contribution in [2.75, 3.05) is 19.6 Å². The Kier molecular flexibility index (Phi) is 17.4. The number of carboxylic acid groups (broad SMARTS) is 3. The molecule has 6 unspecified atom stereocenters. The van der Waals surface area contributed by atoms with E-state index in [9.17, 15) is 14.4 Å². The lowest BCUT2D eigenvalue weighted by Gasteiger charge is -2.34. The third-order valence-corrected chi connectivity index (χ3v) is 13.8. The van der Waals surface area contributed by atoms with Crippen LogP contribution in [0.2, 0.25) is 0 Å². The number of nitrogens with two attached hydrogens (primary N) is 3. The van der Waals surface area contributed by atoms with Gasteiger partial charge in [0.2, 0.25) is 0 Å². The topological polar surface area (TPSA) is 190 Å². The van der Waals surface area contributed by atoms with Crippen LogP contribution in [-0.4, -0.2) is 52.9 Å². The van der Waals surface area contributed by atoms with E-state index >= 15 is 0 Å². The van der Waals surface area contributed by atoms with Gasteiger partial charge in [-0.05, 0) is 132 Å². The fourth-order valence-electron chi connectivity index (χ4n) is 10.8. The summed E-state index contributed by atoms with van der Waals surface area (Å²) in [5.41, 5.74) is 17.9. The van der Waals surface area contributed by atoms with Gasteiger partial charge in [-0.1, -0.05) is 103 Å². The molecule has 52 heavy (non-hydrogen) atoms. The number of carboxylic acids is 3. The standard InChI is InChI=1S/C15H29NO2.2C14H27NO2/c1-10(2)11-6-15(9-16,8-13(17)18)7-12(11)14(3,4)5;2*1-5-10-6-14(9-15,8-12(16)17)7-11(10)13(2,3)4/h10-12H,6-9,16H2,1-5H3,(H,17,18);2*10-11H,5-9,15H2,1-4H3,(H,16,17)/t;10-,11+,14-;/m.1./s1. The molecule has 0 spiro atoms. The molecule has 3 aliphatic carbocycles. The highest BCUT2D eigenvalue weighted by atomic mass is 16.4. The molecule has 9 N–H and O–H groups in total. The van der Waals surface area contributed by atoms with Crippen LogP contribution >= 0.6 is 0 Å². The van der Waals surface area contributed by atoms with Gasteiger partial charge in [-0.3, -0.25) is 14.4 Å². The Morgan fingerprint density at radius 2 is 0.808 bits per heavy atom. The van der Waals surface area contributed by atoms with Gasteiger partial charge in [-0.25, -0.2) is 0 Å². The third kappa shape index (κ3) is 13.2. The number of rotatable bonds is 12. The largest absolute Gasteiger partial charge is 0.481 e. The summed E-state index contributed by atoms with van der Waals surface area (Å²) in [7, 11) is 0. The van der Waals surface area contributed by atoms with Crippen molar-refractivity contribution in [2.24, 2.45) is 91.1 Å². The van der Waals surface area contributed by atoms with Gasteiger partial charge in [0.25, 0.3) is 0 Å². The van der Waals surface area contributed by atoms with Gasteiger partial charge >= 0.3 is 17.9 Å². The molecular weight excluding hydrogens is 654 g/mol. The molecule has 306 valence electrons. The van der Waals surface area contributed by atoms with Gasteiger partial charge < -0.3 is 32.5 Å². The van der Waals surface area contributed by atoms with Crippen molar-refractivity contribution in [2.45, 2.75) is 161 Å². The monoisotopic (exact) mass is 738 g/mol. The van der Waals surface area contributed by atoms with Crippen LogP contribution in [0.5, 0.6) is 0 Å². The molecule has 0 radical (unpaired) electrons. The van der Waals surface area contributed by atoms with E-state index in [-0.39, 0.29) is 51.8 Å². The van der Waals surface area contributed by atoms with Crippen molar-refractivity contribution >= 4 is 17.9 Å². The summed E-state index contributed by atoms with van der Waals surface area (Å²) >= 11 is 0. The van der Waals surface area contributed by atoms with Crippen molar-refractivity contribution in [1.29, 1.82) is 0 Å². The minimum absolute atomic E-state index is 0.162. The SMILES string of the molecule is CC(C)C1CC(CN)(CC(=O)O)CC1C(C)(C)C.CCC1CC(CN)(CC(=O)O)CC1C(C)(C)C.CC[C@@H]1C[C@](CN)(CC(=O)O)C[C@@H]1C(C)(C)C. The first-order valence-corrected chi connectivity index (χ1v) is 20.3. The molecule has 0 aromatic rings. The van der Waals surface area contributed by atoms with Gasteiger partial charge in [-0.2, -0.15) is 0 Å². The molecule has 0 saturated heterocycles. The maximum Gasteiger partial charge on any atom is 0.303 e. The maximum absolute atomic E-state index is 11.1. The summed E-state index contributed by atoms with van der Waals surface area (Å²) in [6, 6.07) is 0. The lowest BCUT2D eigenvalue weighted by atomic mass is 9.71. The van der Waals surface area contributed by atoms with E-state index < -0.39 is 17.9 Å². The number of aliphatic carboxylic acids is 3. The van der Waals surface area contributed by atoms with Gasteiger partial charge in [0.1, 0.15) is 0 Å². The highest BCUT2D eigenvalue weighted by Crippen LogP contribution is 2.57. The van der Waals surface area contributed by atoms with Crippen LogP contribution in [0.25, 0.3) is 0 Å². The lowest BCUT2D eigenvalue weighted by Crippen LogP contribution is -2.31. The lowest BCUT2D eigenvalue weighted by molar-refractivity contribution is -0.140. The summed E-state index contributed by atoms with van der Waals surface area (Å²) in [4.78, 5) is 33.1. The summed E-state index contributed by atoms with van der Waals surface area (Å²) in [5, 5.41) is 27.3. The van der Waals surface area contributed by atoms with Crippen LogP contribution in [0.15, 0.2) is 0 Å². The van der Waals surface area contributed by atoms with Gasteiger partial charge in [0.15, 0.2) is 0 Å². The Labute approximate surface area is 318 Å². The molecule has 3 rings (SSSR count). The summed E-state index contributed by atoms with van der Waals surface area (Å²) in [5.74, 6) is 2.06. The minimum Gasteiger partial charge on any atom is -0.481 e. The summed E-state index contributed by atoms with van der Waals surface area (Å²) in [6.07, 6.45) is 8.76. The highest BCUT2D eigenvalue weighted by molar-refractivity contribution is 5.68. The predicted octanol–water partition coefficient (Wildman–Crippen LogP) is 8.91. The molecule has 9 atom stereocenters. The Balaban J connectivity index is 0.000000390. The van der Waals surface area contributed by atoms with Crippen molar-refractivity contribution in [3.05, 3.63) is 0 Å². The Hall–Kier alpha value is -1.71. The van der Waals surface area contributed by atoms with Gasteiger partial charge in [-0.15, -0.1) is 0 Å². The van der Waals surface area contributed by atoms with E-state index in [1.807, 2.05) is 0 Å². The second kappa shape index (κ2) is 18.8. The van der Waals surface area contributed by atoms with E-state index in [4.69, 9.17) is 32.5 Å². The fourth-order valence-corrected chi connectivity index (χ4v) is 10.8. The molecule has 0 aliphatic heterocycles. The second-order valence-electron chi connectivity index (χ2n) is 21.2. The molecule has 9 heteroatoms. The van der Waals surface area contributed by atoms with E-state index in [2.05, 4.69) is 90.0 Å². The molecule has 3 aliphatic rings. The van der Waals surface area contributed by atoms with E-state index in [0.29, 0.717) is 61.1 Å². The number of carbonyl (C=O) groups is 3. The number of hydrogen-bond acceptors (Lipinski definition) is 6. The first kappa shape index (κ1) is 48.3. The third-order valence-electron chi connectivity index (χ3n) is 13.8. The molecule has 0 heterocycles. The van der Waals surface area contributed by atoms with E-state index in [1.54, 1.807) is 0 Å². The van der Waals surface area contributed by atoms with Gasteiger partial charge in [0, 0.05) is 0 Å². The quantitative estimate of drug-likeness (QED) is 0.114. The zero-order valence-corrected chi connectivity index (χ0v) is 35.7. The molecule has 3 saturated carbocycles. The molecule has 9 nitrogen and oxygen atoms in total. The normalized spacial score (nSPS) is 33.6. The van der Waals surface area contributed by atoms with Crippen LogP contribution < -0.4 is 17.2 Å². The first-order chi connectivity index (χ1) is 23.6.